The first kappa shape index (κ1) is 23.6. The molecule has 0 bridgehead atoms. The van der Waals surface area contributed by atoms with Gasteiger partial charge in [-0.1, -0.05) is 18.2 Å². The van der Waals surface area contributed by atoms with Crippen molar-refractivity contribution < 1.29 is 31.5 Å². The number of nitrogens with zero attached hydrogens (tertiary/aromatic N) is 2. The molecule has 2 aromatic rings. The second-order valence-corrected chi connectivity index (χ2v) is 8.36. The van der Waals surface area contributed by atoms with E-state index >= 15 is 0 Å². The van der Waals surface area contributed by atoms with E-state index in [2.05, 4.69) is 4.90 Å². The minimum Gasteiger partial charge on any atom is -0.444 e. The summed E-state index contributed by atoms with van der Waals surface area (Å²) in [4.78, 5) is 15.9. The summed E-state index contributed by atoms with van der Waals surface area (Å²) in [7, 11) is 0. The van der Waals surface area contributed by atoms with Crippen LogP contribution in [0.2, 0.25) is 0 Å². The quantitative estimate of drug-likeness (QED) is 0.262. The van der Waals surface area contributed by atoms with E-state index in [4.69, 9.17) is 4.74 Å². The van der Waals surface area contributed by atoms with Gasteiger partial charge in [-0.2, -0.15) is 0 Å². The van der Waals surface area contributed by atoms with Crippen molar-refractivity contribution in [3.63, 3.8) is 0 Å². The summed E-state index contributed by atoms with van der Waals surface area (Å²) in [5.41, 5.74) is -0.162. The number of hydrogen-bond acceptors (Lipinski definition) is 3. The molecule has 3 rings (SSSR count). The highest BCUT2D eigenvalue weighted by atomic mass is 19.2. The van der Waals surface area contributed by atoms with Gasteiger partial charge in [0.05, 0.1) is 5.56 Å². The molecule has 0 radical (unpaired) electrons. The molecule has 1 aliphatic heterocycles. The first-order valence-corrected chi connectivity index (χ1v) is 10.0. The van der Waals surface area contributed by atoms with Crippen LogP contribution in [-0.4, -0.2) is 42.8 Å². The smallest absolute Gasteiger partial charge is 0.410 e. The summed E-state index contributed by atoms with van der Waals surface area (Å²) in [6, 6.07) is 6.89. The molecule has 9 heteroatoms. The molecule has 0 unspecified atom stereocenters. The van der Waals surface area contributed by atoms with Gasteiger partial charge in [0.25, 0.3) is 0 Å². The van der Waals surface area contributed by atoms with E-state index in [1.807, 2.05) is 20.8 Å². The molecule has 2 aromatic carbocycles. The van der Waals surface area contributed by atoms with E-state index in [-0.39, 0.29) is 6.09 Å². The maximum absolute atomic E-state index is 13.8. The van der Waals surface area contributed by atoms with E-state index < -0.39 is 40.3 Å². The summed E-state index contributed by atoms with van der Waals surface area (Å²) in [6.45, 7) is 7.61. The Morgan fingerprint density at radius 2 is 1.31 bits per heavy atom. The molecule has 1 aliphatic rings. The second-order valence-electron chi connectivity index (χ2n) is 8.36. The number of hydrogen-bond donors (Lipinski definition) is 0. The van der Waals surface area contributed by atoms with Crippen molar-refractivity contribution in [1.29, 1.82) is 0 Å². The average Bonchev–Trinajstić information content (AvgIpc) is 2.76. The highest BCUT2D eigenvalue weighted by Crippen LogP contribution is 2.25. The van der Waals surface area contributed by atoms with Crippen LogP contribution in [-0.2, 0) is 4.74 Å². The fourth-order valence-corrected chi connectivity index (χ4v) is 3.22. The number of anilines is 1. The van der Waals surface area contributed by atoms with Crippen molar-refractivity contribution in [3.8, 4) is 0 Å². The second kappa shape index (κ2) is 9.18. The Hall–Kier alpha value is -3.10. The van der Waals surface area contributed by atoms with E-state index in [1.165, 1.54) is 6.08 Å². The third-order valence-corrected chi connectivity index (χ3v) is 4.88. The van der Waals surface area contributed by atoms with E-state index in [1.54, 1.807) is 29.2 Å². The van der Waals surface area contributed by atoms with Gasteiger partial charge in [-0.3, -0.25) is 0 Å². The SMILES string of the molecule is CC(C)(C)OC(=O)N1CCN(c2ccc(/C=C/c3c(F)c(F)c(F)c(F)c3F)cc2)CC1. The zero-order chi connectivity index (χ0) is 23.6. The van der Waals surface area contributed by atoms with Crippen LogP contribution in [0.4, 0.5) is 32.4 Å². The molecular weight excluding hydrogens is 431 g/mol. The standard InChI is InChI=1S/C23H23F5N2O2/c1-23(2,3)32-22(31)30-12-10-29(11-13-30)15-7-4-14(5-8-15)6-9-16-17(24)19(26)21(28)20(27)18(16)25/h4-9H,10-13H2,1-3H3/b9-6+. The van der Waals surface area contributed by atoms with Crippen LogP contribution in [0.5, 0.6) is 0 Å². The molecule has 1 fully saturated rings. The molecule has 0 aliphatic carbocycles. The number of ether oxygens (including phenoxy) is 1. The summed E-state index contributed by atoms with van der Waals surface area (Å²) in [5.74, 6) is -9.91. The molecule has 4 nitrogen and oxygen atoms in total. The maximum Gasteiger partial charge on any atom is 0.410 e. The van der Waals surface area contributed by atoms with Crippen LogP contribution in [0.3, 0.4) is 0 Å². The van der Waals surface area contributed by atoms with Crippen LogP contribution in [0, 0.1) is 29.1 Å². The van der Waals surface area contributed by atoms with Crippen LogP contribution >= 0.6 is 0 Å². The summed E-state index contributed by atoms with van der Waals surface area (Å²) in [6.07, 6.45) is 1.76. The molecule has 0 N–H and O–H groups in total. The van der Waals surface area contributed by atoms with Crippen molar-refractivity contribution in [3.05, 3.63) is 64.5 Å². The predicted molar refractivity (Wildman–Crippen MR) is 112 cm³/mol. The Labute approximate surface area is 182 Å². The van der Waals surface area contributed by atoms with Gasteiger partial charge in [0, 0.05) is 31.9 Å². The maximum atomic E-state index is 13.8. The monoisotopic (exact) mass is 454 g/mol. The van der Waals surface area contributed by atoms with Gasteiger partial charge in [0.15, 0.2) is 23.3 Å². The molecular formula is C23H23F5N2O2. The van der Waals surface area contributed by atoms with Gasteiger partial charge >= 0.3 is 6.09 Å². The minimum atomic E-state index is -2.19. The third-order valence-electron chi connectivity index (χ3n) is 4.88. The fourth-order valence-electron chi connectivity index (χ4n) is 3.22. The Balaban J connectivity index is 1.65. The molecule has 32 heavy (non-hydrogen) atoms. The van der Waals surface area contributed by atoms with E-state index in [0.29, 0.717) is 31.7 Å². The lowest BCUT2D eigenvalue weighted by Crippen LogP contribution is -2.50. The number of carbonyl (C=O) groups excluding carboxylic acids is 1. The first-order chi connectivity index (χ1) is 15.0. The lowest BCUT2D eigenvalue weighted by Gasteiger charge is -2.36. The van der Waals surface area contributed by atoms with E-state index in [9.17, 15) is 26.7 Å². The van der Waals surface area contributed by atoms with Gasteiger partial charge in [-0.25, -0.2) is 26.7 Å². The molecule has 1 heterocycles. The lowest BCUT2D eigenvalue weighted by atomic mass is 10.1. The Kier molecular flexibility index (Phi) is 6.76. The first-order valence-electron chi connectivity index (χ1n) is 10.0. The van der Waals surface area contributed by atoms with E-state index in [0.717, 1.165) is 11.8 Å². The number of carbonyl (C=O) groups is 1. The van der Waals surface area contributed by atoms with Crippen LogP contribution < -0.4 is 4.90 Å². The summed E-state index contributed by atoms with van der Waals surface area (Å²) < 4.78 is 72.7. The van der Waals surface area contributed by atoms with Crippen molar-refractivity contribution in [2.75, 3.05) is 31.1 Å². The normalized spacial score (nSPS) is 14.9. The zero-order valence-electron chi connectivity index (χ0n) is 17.9. The third kappa shape index (κ3) is 5.20. The Morgan fingerprint density at radius 3 is 1.81 bits per heavy atom. The van der Waals surface area contributed by atoms with Gasteiger partial charge in [-0.05, 0) is 44.5 Å². The number of benzene rings is 2. The lowest BCUT2D eigenvalue weighted by molar-refractivity contribution is 0.0240. The minimum absolute atomic E-state index is 0.356. The number of halogens is 5. The Morgan fingerprint density at radius 1 is 0.812 bits per heavy atom. The molecule has 0 aromatic heterocycles. The average molecular weight is 454 g/mol. The fraction of sp³-hybridized carbons (Fsp3) is 0.348. The molecule has 172 valence electrons. The van der Waals surface area contributed by atoms with Gasteiger partial charge in [0.1, 0.15) is 5.60 Å². The molecule has 0 spiro atoms. The van der Waals surface area contributed by atoms with Crippen LogP contribution in [0.1, 0.15) is 31.9 Å². The van der Waals surface area contributed by atoms with Gasteiger partial charge < -0.3 is 14.5 Å². The Bertz CT molecular complexity index is 995. The zero-order valence-corrected chi connectivity index (χ0v) is 17.9. The van der Waals surface area contributed by atoms with Crippen LogP contribution in [0.15, 0.2) is 24.3 Å². The van der Waals surface area contributed by atoms with Crippen molar-refractivity contribution in [2.24, 2.45) is 0 Å². The molecule has 0 saturated carbocycles. The van der Waals surface area contributed by atoms with Crippen molar-refractivity contribution >= 4 is 23.9 Å². The molecule has 1 amide bonds. The number of rotatable bonds is 3. The van der Waals surface area contributed by atoms with Crippen molar-refractivity contribution in [1.82, 2.24) is 4.90 Å². The summed E-state index contributed by atoms with van der Waals surface area (Å²) >= 11 is 0. The number of amides is 1. The van der Waals surface area contributed by atoms with Gasteiger partial charge in [0.2, 0.25) is 5.82 Å². The highest BCUT2D eigenvalue weighted by molar-refractivity contribution is 5.71. The van der Waals surface area contributed by atoms with Gasteiger partial charge in [-0.15, -0.1) is 0 Å². The number of piperazine rings is 1. The topological polar surface area (TPSA) is 32.8 Å². The van der Waals surface area contributed by atoms with Crippen molar-refractivity contribution in [2.45, 2.75) is 26.4 Å². The highest BCUT2D eigenvalue weighted by Gasteiger charge is 2.26. The predicted octanol–water partition coefficient (Wildman–Crippen LogP) is 5.61. The molecule has 0 atom stereocenters. The molecule has 1 saturated heterocycles. The van der Waals surface area contributed by atoms with Crippen LogP contribution in [0.25, 0.3) is 12.2 Å². The summed E-state index contributed by atoms with van der Waals surface area (Å²) in [5, 5.41) is 0. The largest absolute Gasteiger partial charge is 0.444 e.